The van der Waals surface area contributed by atoms with Crippen molar-refractivity contribution < 1.29 is 14.3 Å². The molecule has 0 aliphatic heterocycles. The molecule has 6 heteroatoms. The summed E-state index contributed by atoms with van der Waals surface area (Å²) in [6, 6.07) is 3.37. The summed E-state index contributed by atoms with van der Waals surface area (Å²) in [5.74, 6) is 0.185. The molecule has 2 heterocycles. The number of aromatic amines is 1. The molecule has 0 fully saturated rings. The minimum absolute atomic E-state index is 0.105. The van der Waals surface area contributed by atoms with E-state index in [2.05, 4.69) is 15.5 Å². The molecule has 106 valence electrons. The number of rotatable bonds is 4. The van der Waals surface area contributed by atoms with Crippen LogP contribution in [0.3, 0.4) is 0 Å². The lowest BCUT2D eigenvalue weighted by Crippen LogP contribution is -2.29. The third-order valence-corrected chi connectivity index (χ3v) is 3.60. The van der Waals surface area contributed by atoms with Crippen LogP contribution in [0.4, 0.5) is 0 Å². The van der Waals surface area contributed by atoms with Crippen LogP contribution in [0.1, 0.15) is 46.5 Å². The fourth-order valence-electron chi connectivity index (χ4n) is 2.52. The van der Waals surface area contributed by atoms with Crippen molar-refractivity contribution in [3.05, 3.63) is 41.1 Å². The molecular weight excluding hydrogens is 258 g/mol. The molecule has 0 spiro atoms. The molecule has 6 nitrogen and oxygen atoms in total. The number of nitrogens with zero attached hydrogens (tertiary/aromatic N) is 1. The molecule has 0 bridgehead atoms. The Morgan fingerprint density at radius 2 is 2.35 bits per heavy atom. The van der Waals surface area contributed by atoms with Crippen LogP contribution in [0, 0.1) is 0 Å². The monoisotopic (exact) mass is 275 g/mol. The van der Waals surface area contributed by atoms with Gasteiger partial charge in [0.25, 0.3) is 5.91 Å². The number of aliphatic hydroxyl groups excluding tert-OH is 1. The van der Waals surface area contributed by atoms with Gasteiger partial charge in [0.15, 0.2) is 5.69 Å². The van der Waals surface area contributed by atoms with Gasteiger partial charge in [0.05, 0.1) is 12.8 Å². The van der Waals surface area contributed by atoms with Crippen molar-refractivity contribution in [1.29, 1.82) is 0 Å². The molecule has 1 amide bonds. The number of amides is 1. The van der Waals surface area contributed by atoms with Crippen LogP contribution in [-0.4, -0.2) is 27.8 Å². The van der Waals surface area contributed by atoms with E-state index >= 15 is 0 Å². The summed E-state index contributed by atoms with van der Waals surface area (Å²) in [7, 11) is 0. The number of carbonyl (C=O) groups is 1. The number of hydrogen-bond acceptors (Lipinski definition) is 4. The third kappa shape index (κ3) is 2.46. The molecule has 0 radical (unpaired) electrons. The number of aromatic nitrogens is 2. The minimum atomic E-state index is -0.844. The minimum Gasteiger partial charge on any atom is -0.467 e. The fraction of sp³-hybridized carbons (Fsp3) is 0.429. The number of fused-ring (bicyclic) bond motifs is 1. The SMILES string of the molecule is O=C(NCC(O)c1ccco1)c1n[nH]c2c1CCCC2. The van der Waals surface area contributed by atoms with Gasteiger partial charge in [-0.2, -0.15) is 5.10 Å². The number of aryl methyl sites for hydroxylation is 1. The van der Waals surface area contributed by atoms with E-state index in [9.17, 15) is 9.90 Å². The molecule has 1 atom stereocenters. The molecule has 3 N–H and O–H groups in total. The van der Waals surface area contributed by atoms with Crippen molar-refractivity contribution in [1.82, 2.24) is 15.5 Å². The zero-order valence-corrected chi connectivity index (χ0v) is 11.1. The normalized spacial score (nSPS) is 15.7. The number of nitrogens with one attached hydrogen (secondary N) is 2. The Morgan fingerprint density at radius 1 is 1.50 bits per heavy atom. The Labute approximate surface area is 116 Å². The van der Waals surface area contributed by atoms with Crippen LogP contribution in [0.2, 0.25) is 0 Å². The van der Waals surface area contributed by atoms with Gasteiger partial charge in [-0.1, -0.05) is 0 Å². The zero-order valence-electron chi connectivity index (χ0n) is 11.1. The highest BCUT2D eigenvalue weighted by Gasteiger charge is 2.22. The summed E-state index contributed by atoms with van der Waals surface area (Å²) >= 11 is 0. The van der Waals surface area contributed by atoms with Gasteiger partial charge >= 0.3 is 0 Å². The zero-order chi connectivity index (χ0) is 13.9. The van der Waals surface area contributed by atoms with E-state index in [1.807, 2.05) is 0 Å². The molecule has 1 aliphatic rings. The Hall–Kier alpha value is -2.08. The van der Waals surface area contributed by atoms with Crippen molar-refractivity contribution in [2.24, 2.45) is 0 Å². The lowest BCUT2D eigenvalue weighted by Gasteiger charge is -2.12. The Morgan fingerprint density at radius 3 is 3.15 bits per heavy atom. The lowest BCUT2D eigenvalue weighted by molar-refractivity contribution is 0.0895. The van der Waals surface area contributed by atoms with Crippen LogP contribution >= 0.6 is 0 Å². The quantitative estimate of drug-likeness (QED) is 0.785. The van der Waals surface area contributed by atoms with Crippen molar-refractivity contribution in [2.75, 3.05) is 6.54 Å². The molecule has 0 aromatic carbocycles. The van der Waals surface area contributed by atoms with Gasteiger partial charge in [0.1, 0.15) is 11.9 Å². The summed E-state index contributed by atoms with van der Waals surface area (Å²) in [5.41, 5.74) is 2.53. The van der Waals surface area contributed by atoms with Gasteiger partial charge in [-0.25, -0.2) is 0 Å². The van der Waals surface area contributed by atoms with E-state index in [4.69, 9.17) is 4.42 Å². The first-order chi connectivity index (χ1) is 9.75. The number of H-pyrrole nitrogens is 1. The van der Waals surface area contributed by atoms with E-state index in [-0.39, 0.29) is 12.5 Å². The maximum Gasteiger partial charge on any atom is 0.272 e. The number of carbonyl (C=O) groups excluding carboxylic acids is 1. The highest BCUT2D eigenvalue weighted by Crippen LogP contribution is 2.22. The molecule has 0 saturated heterocycles. The van der Waals surface area contributed by atoms with E-state index in [1.165, 1.54) is 6.26 Å². The van der Waals surface area contributed by atoms with Gasteiger partial charge < -0.3 is 14.8 Å². The van der Waals surface area contributed by atoms with Crippen LogP contribution in [0.25, 0.3) is 0 Å². The molecule has 20 heavy (non-hydrogen) atoms. The Kier molecular flexibility index (Phi) is 3.56. The summed E-state index contributed by atoms with van der Waals surface area (Å²) < 4.78 is 5.09. The maximum absolute atomic E-state index is 12.1. The average molecular weight is 275 g/mol. The van der Waals surface area contributed by atoms with Crippen molar-refractivity contribution in [3.8, 4) is 0 Å². The molecule has 2 aromatic rings. The van der Waals surface area contributed by atoms with Crippen molar-refractivity contribution in [3.63, 3.8) is 0 Å². The average Bonchev–Trinajstić information content (AvgIpc) is 3.13. The predicted molar refractivity (Wildman–Crippen MR) is 71.2 cm³/mol. The second kappa shape index (κ2) is 5.50. The maximum atomic E-state index is 12.1. The highest BCUT2D eigenvalue weighted by molar-refractivity contribution is 5.94. The molecule has 0 saturated carbocycles. The second-order valence-electron chi connectivity index (χ2n) is 4.98. The van der Waals surface area contributed by atoms with Gasteiger partial charge in [0.2, 0.25) is 0 Å². The predicted octanol–water partition coefficient (Wildman–Crippen LogP) is 1.34. The van der Waals surface area contributed by atoms with E-state index in [0.29, 0.717) is 11.5 Å². The van der Waals surface area contributed by atoms with Crippen molar-refractivity contribution >= 4 is 5.91 Å². The highest BCUT2D eigenvalue weighted by atomic mass is 16.4. The van der Waals surface area contributed by atoms with E-state index in [1.54, 1.807) is 12.1 Å². The van der Waals surface area contributed by atoms with Gasteiger partial charge in [0, 0.05) is 11.3 Å². The largest absolute Gasteiger partial charge is 0.467 e. The molecule has 2 aromatic heterocycles. The Balaban J connectivity index is 1.63. The molecular formula is C14H17N3O3. The summed E-state index contributed by atoms with van der Waals surface area (Å²) in [4.78, 5) is 12.1. The fourth-order valence-corrected chi connectivity index (χ4v) is 2.52. The number of furan rings is 1. The first-order valence-electron chi connectivity index (χ1n) is 6.81. The first kappa shape index (κ1) is 12.9. The Bertz CT molecular complexity index is 589. The number of hydrogen-bond donors (Lipinski definition) is 3. The van der Waals surface area contributed by atoms with E-state index < -0.39 is 6.10 Å². The van der Waals surface area contributed by atoms with Gasteiger partial charge in [-0.15, -0.1) is 0 Å². The lowest BCUT2D eigenvalue weighted by atomic mass is 9.96. The first-order valence-corrected chi connectivity index (χ1v) is 6.81. The molecule has 3 rings (SSSR count). The van der Waals surface area contributed by atoms with E-state index in [0.717, 1.165) is 36.9 Å². The third-order valence-electron chi connectivity index (χ3n) is 3.60. The van der Waals surface area contributed by atoms with Crippen LogP contribution in [0.5, 0.6) is 0 Å². The second-order valence-corrected chi connectivity index (χ2v) is 4.98. The standard InChI is InChI=1S/C14H17N3O3/c18-11(12-6-3-7-20-12)8-15-14(19)13-9-4-1-2-5-10(9)16-17-13/h3,6-7,11,18H,1-2,4-5,8H2,(H,15,19)(H,16,17). The summed E-state index contributed by atoms with van der Waals surface area (Å²) in [5, 5.41) is 19.6. The van der Waals surface area contributed by atoms with Gasteiger partial charge in [-0.3, -0.25) is 9.89 Å². The van der Waals surface area contributed by atoms with Crippen LogP contribution < -0.4 is 5.32 Å². The number of aliphatic hydroxyl groups is 1. The molecule has 1 aliphatic carbocycles. The topological polar surface area (TPSA) is 91.2 Å². The smallest absolute Gasteiger partial charge is 0.272 e. The van der Waals surface area contributed by atoms with Gasteiger partial charge in [-0.05, 0) is 37.8 Å². The summed E-state index contributed by atoms with van der Waals surface area (Å²) in [6.07, 6.45) is 4.70. The molecule has 1 unspecified atom stereocenters. The van der Waals surface area contributed by atoms with Crippen LogP contribution in [-0.2, 0) is 12.8 Å². The van der Waals surface area contributed by atoms with Crippen molar-refractivity contribution in [2.45, 2.75) is 31.8 Å². The summed E-state index contributed by atoms with van der Waals surface area (Å²) in [6.45, 7) is 0.105. The van der Waals surface area contributed by atoms with Crippen LogP contribution in [0.15, 0.2) is 22.8 Å².